The number of aromatic nitrogens is 2. The Balaban J connectivity index is 2.46. The first-order valence-electron chi connectivity index (χ1n) is 3.91. The van der Waals surface area contributed by atoms with Crippen molar-refractivity contribution in [3.05, 3.63) is 30.2 Å². The van der Waals surface area contributed by atoms with Crippen molar-refractivity contribution in [2.75, 3.05) is 5.73 Å². The number of anilines is 1. The fraction of sp³-hybridized carbons (Fsp3) is 0.111. The first-order chi connectivity index (χ1) is 6.25. The van der Waals surface area contributed by atoms with Gasteiger partial charge in [0.2, 0.25) is 0 Å². The van der Waals surface area contributed by atoms with Crippen LogP contribution < -0.4 is 5.73 Å². The largest absolute Gasteiger partial charge is 0.460 e. The zero-order chi connectivity index (χ0) is 9.26. The Morgan fingerprint density at radius 2 is 2.23 bits per heavy atom. The van der Waals surface area contributed by atoms with Crippen LogP contribution >= 0.6 is 0 Å². The van der Waals surface area contributed by atoms with E-state index in [1.54, 1.807) is 6.07 Å². The number of hydrogen-bond donors (Lipinski definition) is 1. The summed E-state index contributed by atoms with van der Waals surface area (Å²) in [6, 6.07) is 5.45. The molecule has 0 spiro atoms. The monoisotopic (exact) mass is 175 g/mol. The molecule has 2 N–H and O–H groups in total. The second kappa shape index (κ2) is 2.90. The fourth-order valence-electron chi connectivity index (χ4n) is 1.07. The maximum Gasteiger partial charge on any atom is 0.154 e. The summed E-state index contributed by atoms with van der Waals surface area (Å²) in [5.74, 6) is 1.54. The molecule has 2 aromatic heterocycles. The molecule has 0 unspecified atom stereocenters. The molecule has 0 aliphatic carbocycles. The van der Waals surface area contributed by atoms with E-state index >= 15 is 0 Å². The summed E-state index contributed by atoms with van der Waals surface area (Å²) in [6.07, 6.45) is 1.50. The van der Waals surface area contributed by atoms with E-state index in [0.29, 0.717) is 17.1 Å². The lowest BCUT2D eigenvalue weighted by molar-refractivity contribution is 0.545. The minimum absolute atomic E-state index is 0.582. The molecule has 0 bridgehead atoms. The Morgan fingerprint density at radius 1 is 1.38 bits per heavy atom. The lowest BCUT2D eigenvalue weighted by Crippen LogP contribution is -1.90. The van der Waals surface area contributed by atoms with Gasteiger partial charge in [0.1, 0.15) is 11.5 Å². The van der Waals surface area contributed by atoms with Crippen LogP contribution in [-0.2, 0) is 0 Å². The summed E-state index contributed by atoms with van der Waals surface area (Å²) in [7, 11) is 0. The Hall–Kier alpha value is -1.84. The lowest BCUT2D eigenvalue weighted by atomic mass is 10.3. The van der Waals surface area contributed by atoms with Gasteiger partial charge in [-0.2, -0.15) is 5.10 Å². The summed E-state index contributed by atoms with van der Waals surface area (Å²) < 4.78 is 5.37. The highest BCUT2D eigenvalue weighted by Gasteiger charge is 2.04. The van der Waals surface area contributed by atoms with E-state index in [1.165, 1.54) is 6.20 Å². The highest BCUT2D eigenvalue weighted by Crippen LogP contribution is 2.19. The van der Waals surface area contributed by atoms with Crippen LogP contribution in [0.4, 0.5) is 5.69 Å². The summed E-state index contributed by atoms with van der Waals surface area (Å²) in [4.78, 5) is 0. The number of hydrogen-bond acceptors (Lipinski definition) is 4. The van der Waals surface area contributed by atoms with E-state index in [4.69, 9.17) is 10.2 Å². The molecule has 13 heavy (non-hydrogen) atoms. The number of nitrogens with zero attached hydrogens (tertiary/aromatic N) is 2. The van der Waals surface area contributed by atoms with Crippen LogP contribution in [0, 0.1) is 6.92 Å². The molecule has 0 aromatic carbocycles. The average molecular weight is 175 g/mol. The standard InChI is InChI=1S/C9H9N3O/c1-6-2-3-9(13-6)8-4-7(10)5-11-12-8/h2-5H,1H3,(H2,10,12). The smallest absolute Gasteiger partial charge is 0.154 e. The first kappa shape index (κ1) is 7.79. The van der Waals surface area contributed by atoms with Crippen molar-refractivity contribution in [1.29, 1.82) is 0 Å². The second-order valence-electron chi connectivity index (χ2n) is 2.78. The predicted molar refractivity (Wildman–Crippen MR) is 48.9 cm³/mol. The van der Waals surface area contributed by atoms with E-state index in [0.717, 1.165) is 5.76 Å². The number of nitrogens with two attached hydrogens (primary N) is 1. The topological polar surface area (TPSA) is 64.9 Å². The maximum atomic E-state index is 5.56. The lowest BCUT2D eigenvalue weighted by Gasteiger charge is -1.95. The first-order valence-corrected chi connectivity index (χ1v) is 3.91. The van der Waals surface area contributed by atoms with Crippen molar-refractivity contribution in [2.45, 2.75) is 6.92 Å². The molecule has 2 rings (SSSR count). The predicted octanol–water partition coefficient (Wildman–Crippen LogP) is 1.63. The molecule has 0 saturated carbocycles. The maximum absolute atomic E-state index is 5.56. The van der Waals surface area contributed by atoms with Crippen molar-refractivity contribution in [3.63, 3.8) is 0 Å². The van der Waals surface area contributed by atoms with Gasteiger partial charge in [-0.15, -0.1) is 5.10 Å². The van der Waals surface area contributed by atoms with Crippen molar-refractivity contribution in [1.82, 2.24) is 10.2 Å². The molecule has 0 atom stereocenters. The number of nitrogen functional groups attached to an aromatic ring is 1. The normalized spacial score (nSPS) is 10.2. The molecule has 2 aromatic rings. The zero-order valence-electron chi connectivity index (χ0n) is 7.19. The van der Waals surface area contributed by atoms with Gasteiger partial charge >= 0.3 is 0 Å². The van der Waals surface area contributed by atoms with E-state index in [2.05, 4.69) is 10.2 Å². The van der Waals surface area contributed by atoms with Crippen LogP contribution in [0.2, 0.25) is 0 Å². The third-order valence-electron chi connectivity index (χ3n) is 1.67. The van der Waals surface area contributed by atoms with Crippen molar-refractivity contribution >= 4 is 5.69 Å². The summed E-state index contributed by atoms with van der Waals surface area (Å²) in [5.41, 5.74) is 6.80. The minimum Gasteiger partial charge on any atom is -0.460 e. The fourth-order valence-corrected chi connectivity index (χ4v) is 1.07. The van der Waals surface area contributed by atoms with Gasteiger partial charge in [-0.25, -0.2) is 0 Å². The average Bonchev–Trinajstić information content (AvgIpc) is 2.52. The van der Waals surface area contributed by atoms with Gasteiger partial charge in [0.15, 0.2) is 5.76 Å². The minimum atomic E-state index is 0.582. The van der Waals surface area contributed by atoms with Crippen LogP contribution in [0.3, 0.4) is 0 Å². The quantitative estimate of drug-likeness (QED) is 0.715. The van der Waals surface area contributed by atoms with Crippen LogP contribution in [-0.4, -0.2) is 10.2 Å². The molecule has 0 saturated heterocycles. The van der Waals surface area contributed by atoms with Crippen molar-refractivity contribution in [3.8, 4) is 11.5 Å². The van der Waals surface area contributed by atoms with E-state index in [1.807, 2.05) is 19.1 Å². The molecule has 66 valence electrons. The van der Waals surface area contributed by atoms with E-state index in [-0.39, 0.29) is 0 Å². The summed E-state index contributed by atoms with van der Waals surface area (Å²) in [6.45, 7) is 1.88. The molecule has 0 amide bonds. The molecule has 0 aliphatic heterocycles. The van der Waals surface area contributed by atoms with Gasteiger partial charge in [0, 0.05) is 0 Å². The highest BCUT2D eigenvalue weighted by molar-refractivity contribution is 5.56. The third kappa shape index (κ3) is 1.51. The van der Waals surface area contributed by atoms with E-state index < -0.39 is 0 Å². The second-order valence-corrected chi connectivity index (χ2v) is 2.78. The molecule has 4 heteroatoms. The van der Waals surface area contributed by atoms with Gasteiger partial charge in [0.25, 0.3) is 0 Å². The Kier molecular flexibility index (Phi) is 1.73. The molecular weight excluding hydrogens is 166 g/mol. The van der Waals surface area contributed by atoms with Crippen LogP contribution in [0.5, 0.6) is 0 Å². The zero-order valence-corrected chi connectivity index (χ0v) is 7.19. The number of rotatable bonds is 1. The molecule has 4 nitrogen and oxygen atoms in total. The molecular formula is C9H9N3O. The molecule has 2 heterocycles. The van der Waals surface area contributed by atoms with Crippen molar-refractivity contribution in [2.24, 2.45) is 0 Å². The van der Waals surface area contributed by atoms with Gasteiger partial charge in [-0.3, -0.25) is 0 Å². The third-order valence-corrected chi connectivity index (χ3v) is 1.67. The SMILES string of the molecule is Cc1ccc(-c2cc(N)cnn2)o1. The Morgan fingerprint density at radius 3 is 2.85 bits per heavy atom. The number of aryl methyl sites for hydroxylation is 1. The Labute approximate surface area is 75.4 Å². The molecule has 0 radical (unpaired) electrons. The van der Waals surface area contributed by atoms with E-state index in [9.17, 15) is 0 Å². The summed E-state index contributed by atoms with van der Waals surface area (Å²) >= 11 is 0. The van der Waals surface area contributed by atoms with Gasteiger partial charge < -0.3 is 10.2 Å². The van der Waals surface area contributed by atoms with Gasteiger partial charge in [0.05, 0.1) is 11.9 Å². The number of furan rings is 1. The molecule has 0 fully saturated rings. The van der Waals surface area contributed by atoms with Crippen LogP contribution in [0.25, 0.3) is 11.5 Å². The Bertz CT molecular complexity index is 422. The van der Waals surface area contributed by atoms with Crippen LogP contribution in [0.15, 0.2) is 28.8 Å². The van der Waals surface area contributed by atoms with Crippen LogP contribution in [0.1, 0.15) is 5.76 Å². The highest BCUT2D eigenvalue weighted by atomic mass is 16.3. The molecule has 0 aliphatic rings. The van der Waals surface area contributed by atoms with Gasteiger partial charge in [-0.05, 0) is 25.1 Å². The van der Waals surface area contributed by atoms with Crippen molar-refractivity contribution < 1.29 is 4.42 Å². The van der Waals surface area contributed by atoms with Gasteiger partial charge in [-0.1, -0.05) is 0 Å². The summed E-state index contributed by atoms with van der Waals surface area (Å²) in [5, 5.41) is 7.63.